The second-order valence-corrected chi connectivity index (χ2v) is 6.76. The van der Waals surface area contributed by atoms with E-state index in [1.807, 2.05) is 54.4 Å². The van der Waals surface area contributed by atoms with E-state index in [1.165, 1.54) is 6.07 Å². The predicted molar refractivity (Wildman–Crippen MR) is 108 cm³/mol. The predicted octanol–water partition coefficient (Wildman–Crippen LogP) is 3.58. The van der Waals surface area contributed by atoms with Crippen molar-refractivity contribution in [3.05, 3.63) is 66.5 Å². The normalized spacial score (nSPS) is 14.2. The smallest absolute Gasteiger partial charge is 0.323 e. The molecule has 7 heteroatoms. The van der Waals surface area contributed by atoms with E-state index in [2.05, 4.69) is 10.4 Å². The third kappa shape index (κ3) is 3.69. The molecular formula is C21H22FN5O. The number of carbonyl (C=O) groups is 1. The van der Waals surface area contributed by atoms with Gasteiger partial charge in [-0.3, -0.25) is 10.00 Å². The minimum Gasteiger partial charge on any atom is -0.366 e. The van der Waals surface area contributed by atoms with E-state index < -0.39 is 0 Å². The van der Waals surface area contributed by atoms with Gasteiger partial charge in [0, 0.05) is 39.3 Å². The van der Waals surface area contributed by atoms with Crippen LogP contribution in [0.25, 0.3) is 11.3 Å². The zero-order chi connectivity index (χ0) is 19.5. The lowest BCUT2D eigenvalue weighted by molar-refractivity contribution is 0.208. The minimum absolute atomic E-state index is 0.189. The number of amides is 2. The summed E-state index contributed by atoms with van der Waals surface area (Å²) in [7, 11) is 1.85. The van der Waals surface area contributed by atoms with Gasteiger partial charge in [0.25, 0.3) is 0 Å². The van der Waals surface area contributed by atoms with Crippen molar-refractivity contribution in [2.45, 2.75) is 0 Å². The molecule has 1 aromatic heterocycles. The van der Waals surface area contributed by atoms with Crippen LogP contribution in [0.1, 0.15) is 0 Å². The summed E-state index contributed by atoms with van der Waals surface area (Å²) in [6.45, 7) is 2.23. The van der Waals surface area contributed by atoms with E-state index in [0.29, 0.717) is 37.7 Å². The quantitative estimate of drug-likeness (QED) is 0.757. The first kappa shape index (κ1) is 18.0. The van der Waals surface area contributed by atoms with E-state index in [4.69, 9.17) is 0 Å². The van der Waals surface area contributed by atoms with Gasteiger partial charge in [0.1, 0.15) is 5.82 Å². The summed E-state index contributed by atoms with van der Waals surface area (Å²) < 4.78 is 15.7. The molecule has 6 nitrogen and oxygen atoms in total. The van der Waals surface area contributed by atoms with Crippen LogP contribution in [0.4, 0.5) is 20.7 Å². The van der Waals surface area contributed by atoms with Gasteiger partial charge in [-0.1, -0.05) is 42.5 Å². The molecular weight excluding hydrogens is 357 g/mol. The molecule has 1 aliphatic heterocycles. The summed E-state index contributed by atoms with van der Waals surface area (Å²) in [5.41, 5.74) is 2.55. The molecule has 1 fully saturated rings. The third-order valence-corrected chi connectivity index (χ3v) is 4.94. The Morgan fingerprint density at radius 2 is 1.68 bits per heavy atom. The maximum atomic E-state index is 14.0. The number of piperazine rings is 1. The SMILES string of the molecule is Cn1nc(NC(=O)N2CCN(c3ccccc3F)CC2)cc1-c1ccccc1. The number of anilines is 2. The molecule has 1 saturated heterocycles. The molecule has 2 heterocycles. The Balaban J connectivity index is 1.38. The van der Waals surface area contributed by atoms with Crippen LogP contribution in [-0.2, 0) is 7.05 Å². The number of halogens is 1. The Morgan fingerprint density at radius 3 is 2.39 bits per heavy atom. The van der Waals surface area contributed by atoms with Crippen LogP contribution in [0.2, 0.25) is 0 Å². The third-order valence-electron chi connectivity index (χ3n) is 4.94. The highest BCUT2D eigenvalue weighted by Crippen LogP contribution is 2.23. The first-order chi connectivity index (χ1) is 13.6. The highest BCUT2D eigenvalue weighted by molar-refractivity contribution is 5.89. The Labute approximate surface area is 163 Å². The summed E-state index contributed by atoms with van der Waals surface area (Å²) in [6.07, 6.45) is 0. The fourth-order valence-corrected chi connectivity index (χ4v) is 3.45. The van der Waals surface area contributed by atoms with Crippen LogP contribution in [0.5, 0.6) is 0 Å². The first-order valence-corrected chi connectivity index (χ1v) is 9.27. The number of aryl methyl sites for hydroxylation is 1. The van der Waals surface area contributed by atoms with Crippen molar-refractivity contribution in [1.82, 2.24) is 14.7 Å². The number of para-hydroxylation sites is 1. The van der Waals surface area contributed by atoms with Crippen LogP contribution in [-0.4, -0.2) is 46.9 Å². The number of hydrogen-bond donors (Lipinski definition) is 1. The Bertz CT molecular complexity index is 964. The van der Waals surface area contributed by atoms with Gasteiger partial charge < -0.3 is 9.80 Å². The lowest BCUT2D eigenvalue weighted by Crippen LogP contribution is -2.50. The van der Waals surface area contributed by atoms with Crippen molar-refractivity contribution in [3.63, 3.8) is 0 Å². The maximum absolute atomic E-state index is 14.0. The molecule has 4 rings (SSSR count). The van der Waals surface area contributed by atoms with Gasteiger partial charge >= 0.3 is 6.03 Å². The van der Waals surface area contributed by atoms with Gasteiger partial charge in [0.15, 0.2) is 5.82 Å². The van der Waals surface area contributed by atoms with Crippen LogP contribution in [0.3, 0.4) is 0 Å². The molecule has 0 bridgehead atoms. The fraction of sp³-hybridized carbons (Fsp3) is 0.238. The molecule has 0 atom stereocenters. The maximum Gasteiger partial charge on any atom is 0.323 e. The lowest BCUT2D eigenvalue weighted by atomic mass is 10.1. The standard InChI is InChI=1S/C21H22FN5O/c1-25-19(16-7-3-2-4-8-16)15-20(24-25)23-21(28)27-13-11-26(12-14-27)18-10-6-5-9-17(18)22/h2-10,15H,11-14H2,1H3,(H,23,24,28). The molecule has 2 amide bonds. The second-order valence-electron chi connectivity index (χ2n) is 6.76. The fourth-order valence-electron chi connectivity index (χ4n) is 3.45. The lowest BCUT2D eigenvalue weighted by Gasteiger charge is -2.36. The van der Waals surface area contributed by atoms with E-state index in [-0.39, 0.29) is 11.8 Å². The first-order valence-electron chi connectivity index (χ1n) is 9.27. The molecule has 3 aromatic rings. The number of benzene rings is 2. The van der Waals surface area contributed by atoms with Gasteiger partial charge in [-0.2, -0.15) is 5.10 Å². The molecule has 144 valence electrons. The van der Waals surface area contributed by atoms with Crippen molar-refractivity contribution < 1.29 is 9.18 Å². The molecule has 0 unspecified atom stereocenters. The van der Waals surface area contributed by atoms with Crippen molar-refractivity contribution in [3.8, 4) is 11.3 Å². The van der Waals surface area contributed by atoms with Crippen LogP contribution in [0.15, 0.2) is 60.7 Å². The second kappa shape index (κ2) is 7.72. The van der Waals surface area contributed by atoms with Crippen molar-refractivity contribution in [1.29, 1.82) is 0 Å². The number of nitrogens with one attached hydrogen (secondary N) is 1. The van der Waals surface area contributed by atoms with E-state index >= 15 is 0 Å². The summed E-state index contributed by atoms with van der Waals surface area (Å²) in [5.74, 6) is 0.283. The Kier molecular flexibility index (Phi) is 4.97. The Hall–Kier alpha value is -3.35. The topological polar surface area (TPSA) is 53.4 Å². The molecule has 0 saturated carbocycles. The number of nitrogens with zero attached hydrogens (tertiary/aromatic N) is 4. The van der Waals surface area contributed by atoms with Crippen molar-refractivity contribution >= 4 is 17.5 Å². The summed E-state index contributed by atoms with van der Waals surface area (Å²) in [4.78, 5) is 16.3. The van der Waals surface area contributed by atoms with Crippen LogP contribution >= 0.6 is 0 Å². The molecule has 0 aliphatic carbocycles. The number of hydrogen-bond acceptors (Lipinski definition) is 3. The van der Waals surface area contributed by atoms with E-state index in [1.54, 1.807) is 21.7 Å². The van der Waals surface area contributed by atoms with Gasteiger partial charge in [-0.05, 0) is 17.7 Å². The summed E-state index contributed by atoms with van der Waals surface area (Å²) >= 11 is 0. The zero-order valence-electron chi connectivity index (χ0n) is 15.7. The molecule has 0 radical (unpaired) electrons. The van der Waals surface area contributed by atoms with Crippen LogP contribution < -0.4 is 10.2 Å². The Morgan fingerprint density at radius 1 is 1.00 bits per heavy atom. The highest BCUT2D eigenvalue weighted by atomic mass is 19.1. The van der Waals surface area contributed by atoms with Gasteiger partial charge in [0.2, 0.25) is 0 Å². The van der Waals surface area contributed by atoms with E-state index in [0.717, 1.165) is 11.3 Å². The van der Waals surface area contributed by atoms with Gasteiger partial charge in [-0.25, -0.2) is 9.18 Å². The summed E-state index contributed by atoms with van der Waals surface area (Å²) in [5, 5.41) is 7.27. The number of carbonyl (C=O) groups excluding carboxylic acids is 1. The van der Waals surface area contributed by atoms with Crippen molar-refractivity contribution in [2.24, 2.45) is 7.05 Å². The number of aromatic nitrogens is 2. The largest absolute Gasteiger partial charge is 0.366 e. The molecule has 1 aliphatic rings. The number of rotatable bonds is 3. The van der Waals surface area contributed by atoms with Gasteiger partial charge in [-0.15, -0.1) is 0 Å². The van der Waals surface area contributed by atoms with Crippen molar-refractivity contribution in [2.75, 3.05) is 36.4 Å². The number of urea groups is 1. The average molecular weight is 379 g/mol. The highest BCUT2D eigenvalue weighted by Gasteiger charge is 2.23. The molecule has 28 heavy (non-hydrogen) atoms. The average Bonchev–Trinajstić information content (AvgIpc) is 3.09. The minimum atomic E-state index is -0.234. The molecule has 1 N–H and O–H groups in total. The van der Waals surface area contributed by atoms with E-state index in [9.17, 15) is 9.18 Å². The van der Waals surface area contributed by atoms with Gasteiger partial charge in [0.05, 0.1) is 11.4 Å². The zero-order valence-corrected chi connectivity index (χ0v) is 15.7. The summed E-state index contributed by atoms with van der Waals surface area (Å²) in [6, 6.07) is 18.3. The molecule has 2 aromatic carbocycles. The monoisotopic (exact) mass is 379 g/mol. The molecule has 0 spiro atoms. The van der Waals surface area contributed by atoms with Crippen LogP contribution in [0, 0.1) is 5.82 Å².